The molecule has 0 saturated carbocycles. The van der Waals surface area contributed by atoms with Crippen molar-refractivity contribution in [2.45, 2.75) is 83.1 Å². The van der Waals surface area contributed by atoms with Gasteiger partial charge < -0.3 is 30.7 Å². The second-order valence-corrected chi connectivity index (χ2v) is 13.1. The Morgan fingerprint density at radius 3 is 2.62 bits per heavy atom. The number of nitrogens with two attached hydrogens (primary N) is 1. The highest BCUT2D eigenvalue weighted by Crippen LogP contribution is 2.44. The number of likely N-dealkylation sites (tertiary alicyclic amines) is 1. The van der Waals surface area contributed by atoms with E-state index in [-0.39, 0.29) is 30.1 Å². The SMILES string of the molecule is CN1CCC(NC(=O)c2ccc(NC(=O)c3nn(CCCOC4CCCCO4)c4c3C(C)(C)Cc3cnc(N)nc3-4)cc2)CC1. The molecule has 12 heteroatoms. The first-order valence-corrected chi connectivity index (χ1v) is 16.0. The molecule has 1 aromatic carbocycles. The van der Waals surface area contributed by atoms with Gasteiger partial charge in [0.25, 0.3) is 11.8 Å². The van der Waals surface area contributed by atoms with Gasteiger partial charge in [-0.3, -0.25) is 14.3 Å². The number of carbonyl (C=O) groups excluding carboxylic acids is 2. The Morgan fingerprint density at radius 2 is 1.89 bits per heavy atom. The molecule has 12 nitrogen and oxygen atoms in total. The van der Waals surface area contributed by atoms with Crippen LogP contribution in [0.4, 0.5) is 11.6 Å². The van der Waals surface area contributed by atoms with Crippen LogP contribution in [-0.4, -0.2) is 82.1 Å². The highest BCUT2D eigenvalue weighted by molar-refractivity contribution is 6.05. The average molecular weight is 617 g/mol. The quantitative estimate of drug-likeness (QED) is 0.306. The molecule has 1 atom stereocenters. The highest BCUT2D eigenvalue weighted by atomic mass is 16.7. The first kappa shape index (κ1) is 31.1. The van der Waals surface area contributed by atoms with Gasteiger partial charge in [0.1, 0.15) is 0 Å². The van der Waals surface area contributed by atoms with Gasteiger partial charge in [0.15, 0.2) is 12.0 Å². The fraction of sp³-hybridized carbons (Fsp3) is 0.545. The van der Waals surface area contributed by atoms with E-state index >= 15 is 0 Å². The number of hydrogen-bond donors (Lipinski definition) is 3. The topological polar surface area (TPSA) is 150 Å². The summed E-state index contributed by atoms with van der Waals surface area (Å²) >= 11 is 0. The molecule has 0 bridgehead atoms. The number of piperidine rings is 1. The van der Waals surface area contributed by atoms with Crippen molar-refractivity contribution in [2.24, 2.45) is 0 Å². The zero-order valence-corrected chi connectivity index (χ0v) is 26.5. The van der Waals surface area contributed by atoms with Crippen LogP contribution in [0.15, 0.2) is 30.5 Å². The molecule has 3 aliphatic rings. The summed E-state index contributed by atoms with van der Waals surface area (Å²) in [4.78, 5) is 37.8. The minimum Gasteiger partial charge on any atom is -0.368 e. The second kappa shape index (κ2) is 13.2. The monoisotopic (exact) mass is 616 g/mol. The smallest absolute Gasteiger partial charge is 0.276 e. The summed E-state index contributed by atoms with van der Waals surface area (Å²) in [6.45, 7) is 7.94. The lowest BCUT2D eigenvalue weighted by atomic mass is 9.73. The number of aryl methyl sites for hydroxylation is 1. The van der Waals surface area contributed by atoms with E-state index in [4.69, 9.17) is 20.3 Å². The Labute approximate surface area is 264 Å². The summed E-state index contributed by atoms with van der Waals surface area (Å²) < 4.78 is 13.5. The van der Waals surface area contributed by atoms with Gasteiger partial charge in [-0.2, -0.15) is 5.10 Å². The van der Waals surface area contributed by atoms with Crippen LogP contribution < -0.4 is 16.4 Å². The van der Waals surface area contributed by atoms with Gasteiger partial charge in [0, 0.05) is 42.2 Å². The highest BCUT2D eigenvalue weighted by Gasteiger charge is 2.40. The molecule has 45 heavy (non-hydrogen) atoms. The van der Waals surface area contributed by atoms with E-state index in [0.717, 1.165) is 68.6 Å². The minimum absolute atomic E-state index is 0.101. The fourth-order valence-corrected chi connectivity index (χ4v) is 6.57. The molecule has 4 N–H and O–H groups in total. The lowest BCUT2D eigenvalue weighted by Crippen LogP contribution is -2.43. The number of hydrogen-bond acceptors (Lipinski definition) is 9. The fourth-order valence-electron chi connectivity index (χ4n) is 6.57. The van der Waals surface area contributed by atoms with Gasteiger partial charge in [-0.1, -0.05) is 13.8 Å². The number of benzene rings is 1. The van der Waals surface area contributed by atoms with Gasteiger partial charge >= 0.3 is 0 Å². The molecule has 1 unspecified atom stereocenters. The van der Waals surface area contributed by atoms with Crippen molar-refractivity contribution in [2.75, 3.05) is 44.4 Å². The Hall–Kier alpha value is -3.87. The largest absolute Gasteiger partial charge is 0.368 e. The summed E-state index contributed by atoms with van der Waals surface area (Å²) in [5, 5.41) is 11.0. The molecule has 4 heterocycles. The van der Waals surface area contributed by atoms with Crippen molar-refractivity contribution in [3.05, 3.63) is 52.8 Å². The zero-order chi connectivity index (χ0) is 31.6. The van der Waals surface area contributed by atoms with E-state index < -0.39 is 5.41 Å². The maximum atomic E-state index is 13.8. The summed E-state index contributed by atoms with van der Waals surface area (Å²) in [7, 11) is 2.10. The van der Waals surface area contributed by atoms with E-state index in [0.29, 0.717) is 48.6 Å². The van der Waals surface area contributed by atoms with Gasteiger partial charge in [-0.05, 0) is 100 Å². The number of nitrogen functional groups attached to an aromatic ring is 1. The van der Waals surface area contributed by atoms with Gasteiger partial charge in [0.05, 0.1) is 18.0 Å². The number of fused-ring (bicyclic) bond motifs is 3. The second-order valence-electron chi connectivity index (χ2n) is 13.1. The molecule has 2 fully saturated rings. The molecule has 2 amide bonds. The molecular formula is C33H44N8O4. The number of aromatic nitrogens is 4. The Kier molecular flexibility index (Phi) is 9.16. The van der Waals surface area contributed by atoms with Gasteiger partial charge in [-0.25, -0.2) is 9.97 Å². The summed E-state index contributed by atoms with van der Waals surface area (Å²) in [6.07, 6.45) is 7.90. The molecular weight excluding hydrogens is 572 g/mol. The van der Waals surface area contributed by atoms with Crippen molar-refractivity contribution in [1.29, 1.82) is 0 Å². The van der Waals surface area contributed by atoms with E-state index in [1.807, 2.05) is 4.68 Å². The van der Waals surface area contributed by atoms with Crippen LogP contribution in [0.25, 0.3) is 11.4 Å². The number of rotatable bonds is 9. The van der Waals surface area contributed by atoms with E-state index in [9.17, 15) is 9.59 Å². The summed E-state index contributed by atoms with van der Waals surface area (Å²) in [5.41, 5.74) is 10.4. The van der Waals surface area contributed by atoms with Crippen LogP contribution in [0.2, 0.25) is 0 Å². The van der Waals surface area contributed by atoms with Crippen molar-refractivity contribution < 1.29 is 19.1 Å². The van der Waals surface area contributed by atoms with Crippen molar-refractivity contribution >= 4 is 23.5 Å². The van der Waals surface area contributed by atoms with Crippen molar-refractivity contribution in [1.82, 2.24) is 30.0 Å². The summed E-state index contributed by atoms with van der Waals surface area (Å²) in [5.74, 6) is -0.245. The first-order chi connectivity index (χ1) is 21.7. The number of nitrogens with one attached hydrogen (secondary N) is 2. The van der Waals surface area contributed by atoms with Crippen molar-refractivity contribution in [3.8, 4) is 11.4 Å². The van der Waals surface area contributed by atoms with Crippen LogP contribution in [0.3, 0.4) is 0 Å². The van der Waals surface area contributed by atoms with Crippen LogP contribution >= 0.6 is 0 Å². The van der Waals surface area contributed by atoms with E-state index in [1.54, 1.807) is 30.5 Å². The first-order valence-electron chi connectivity index (χ1n) is 16.0. The Morgan fingerprint density at radius 1 is 1.11 bits per heavy atom. The lowest BCUT2D eigenvalue weighted by molar-refractivity contribution is -0.163. The van der Waals surface area contributed by atoms with E-state index in [2.05, 4.69) is 46.4 Å². The molecule has 3 aromatic rings. The number of nitrogens with zero attached hydrogens (tertiary/aromatic N) is 5. The number of anilines is 2. The number of ether oxygens (including phenoxy) is 2. The predicted molar refractivity (Wildman–Crippen MR) is 171 cm³/mol. The maximum absolute atomic E-state index is 13.8. The van der Waals surface area contributed by atoms with Crippen LogP contribution in [0, 0.1) is 0 Å². The molecule has 240 valence electrons. The van der Waals surface area contributed by atoms with Crippen LogP contribution in [-0.2, 0) is 27.9 Å². The molecule has 6 rings (SSSR count). The van der Waals surface area contributed by atoms with E-state index in [1.165, 1.54) is 0 Å². The number of carbonyl (C=O) groups is 2. The number of amides is 2. The third kappa shape index (κ3) is 7.03. The Bertz CT molecular complexity index is 1520. The van der Waals surface area contributed by atoms with Gasteiger partial charge in [-0.15, -0.1) is 0 Å². The van der Waals surface area contributed by atoms with Crippen LogP contribution in [0.1, 0.15) is 84.3 Å². The summed E-state index contributed by atoms with van der Waals surface area (Å²) in [6, 6.07) is 7.16. The molecule has 2 saturated heterocycles. The predicted octanol–water partition coefficient (Wildman–Crippen LogP) is 3.77. The lowest BCUT2D eigenvalue weighted by Gasteiger charge is -2.31. The zero-order valence-electron chi connectivity index (χ0n) is 26.5. The maximum Gasteiger partial charge on any atom is 0.276 e. The standard InChI is InChI=1S/C33H44N8O4/c1-33(2)19-22-20-35-32(34)38-27(22)29-26(33)28(39-41(29)14-6-18-45-25-7-4-5-17-44-25)31(43)37-23-10-8-21(9-11-23)30(42)36-24-12-15-40(3)16-13-24/h8-11,20,24-25H,4-7,12-19H2,1-3H3,(H,36,42)(H,37,43)(H2,34,35,38). The third-order valence-corrected chi connectivity index (χ3v) is 9.00. The molecule has 1 aliphatic carbocycles. The average Bonchev–Trinajstić information content (AvgIpc) is 3.43. The normalized spacial score (nSPS) is 19.8. The Balaban J connectivity index is 1.20. The molecule has 0 radical (unpaired) electrons. The third-order valence-electron chi connectivity index (χ3n) is 9.00. The minimum atomic E-state index is -0.408. The van der Waals surface area contributed by atoms with Gasteiger partial charge in [0.2, 0.25) is 5.95 Å². The van der Waals surface area contributed by atoms with Crippen LogP contribution in [0.5, 0.6) is 0 Å². The molecule has 2 aromatic heterocycles. The molecule has 2 aliphatic heterocycles. The van der Waals surface area contributed by atoms with Crippen molar-refractivity contribution in [3.63, 3.8) is 0 Å². The molecule has 0 spiro atoms.